The number of nitrogens with two attached hydrogens (primary N) is 1. The zero-order valence-corrected chi connectivity index (χ0v) is 5.52. The Kier molecular flexibility index (Phi) is 4.04. The summed E-state index contributed by atoms with van der Waals surface area (Å²) < 4.78 is 0. The van der Waals surface area contributed by atoms with Crippen LogP contribution in [0.5, 0.6) is 0 Å². The van der Waals surface area contributed by atoms with Gasteiger partial charge in [-0.3, -0.25) is 0 Å². The summed E-state index contributed by atoms with van der Waals surface area (Å²) in [6.07, 6.45) is 6.82. The molecule has 0 radical (unpaired) electrons. The molecular weight excluding hydrogens is 98.1 g/mol. The van der Waals surface area contributed by atoms with Gasteiger partial charge in [-0.05, 0) is 19.4 Å². The van der Waals surface area contributed by atoms with Crippen LogP contribution in [0.2, 0.25) is 0 Å². The first-order valence-electron chi connectivity index (χ1n) is 2.89. The van der Waals surface area contributed by atoms with E-state index in [1.165, 1.54) is 0 Å². The van der Waals surface area contributed by atoms with Gasteiger partial charge in [-0.2, -0.15) is 0 Å². The van der Waals surface area contributed by atoms with Crippen LogP contribution in [0.1, 0.15) is 20.3 Å². The highest BCUT2D eigenvalue weighted by Crippen LogP contribution is 1.88. The third-order valence-electron chi connectivity index (χ3n) is 0.799. The molecule has 0 rings (SSSR count). The molecule has 0 aromatic rings. The highest BCUT2D eigenvalue weighted by atomic mass is 14.5. The largest absolute Gasteiger partial charge is 0.399 e. The average molecular weight is 111 g/mol. The van der Waals surface area contributed by atoms with Crippen LogP contribution >= 0.6 is 0 Å². The SMILES string of the molecule is C/C=C\C(N)=C\CC. The lowest BCUT2D eigenvalue weighted by Gasteiger charge is -1.86. The molecule has 1 nitrogen and oxygen atoms in total. The van der Waals surface area contributed by atoms with Gasteiger partial charge in [0.25, 0.3) is 0 Å². The van der Waals surface area contributed by atoms with Gasteiger partial charge in [-0.1, -0.05) is 19.1 Å². The molecule has 0 amide bonds. The van der Waals surface area contributed by atoms with Crippen molar-refractivity contribution in [2.24, 2.45) is 5.73 Å². The Hall–Kier alpha value is -0.720. The second-order valence-electron chi connectivity index (χ2n) is 1.61. The van der Waals surface area contributed by atoms with Gasteiger partial charge in [-0.25, -0.2) is 0 Å². The molecule has 0 heterocycles. The molecule has 0 aliphatic rings. The first kappa shape index (κ1) is 7.28. The lowest BCUT2D eigenvalue weighted by molar-refractivity contribution is 1.18. The topological polar surface area (TPSA) is 26.0 Å². The number of rotatable bonds is 2. The van der Waals surface area contributed by atoms with Crippen molar-refractivity contribution in [3.05, 3.63) is 23.9 Å². The fraction of sp³-hybridized carbons (Fsp3) is 0.429. The van der Waals surface area contributed by atoms with Crippen molar-refractivity contribution in [3.63, 3.8) is 0 Å². The molecule has 46 valence electrons. The Labute approximate surface area is 50.9 Å². The molecule has 0 saturated heterocycles. The van der Waals surface area contributed by atoms with Crippen molar-refractivity contribution < 1.29 is 0 Å². The first-order chi connectivity index (χ1) is 3.81. The molecule has 0 saturated carbocycles. The molecule has 0 aliphatic heterocycles. The average Bonchev–Trinajstić information content (AvgIpc) is 1.68. The molecule has 8 heavy (non-hydrogen) atoms. The first-order valence-corrected chi connectivity index (χ1v) is 2.89. The van der Waals surface area contributed by atoms with Crippen LogP contribution in [0.25, 0.3) is 0 Å². The zero-order chi connectivity index (χ0) is 6.41. The molecule has 0 fully saturated rings. The van der Waals surface area contributed by atoms with Crippen LogP contribution < -0.4 is 5.73 Å². The van der Waals surface area contributed by atoms with Crippen LogP contribution in [0.4, 0.5) is 0 Å². The van der Waals surface area contributed by atoms with Crippen LogP contribution in [-0.4, -0.2) is 0 Å². The summed E-state index contributed by atoms with van der Waals surface area (Å²) in [5.41, 5.74) is 6.33. The minimum absolute atomic E-state index is 0.856. The zero-order valence-electron chi connectivity index (χ0n) is 5.52. The van der Waals surface area contributed by atoms with Gasteiger partial charge in [0.15, 0.2) is 0 Å². The Balaban J connectivity index is 3.61. The number of hydrogen-bond acceptors (Lipinski definition) is 1. The minimum Gasteiger partial charge on any atom is -0.399 e. The van der Waals surface area contributed by atoms with Crippen LogP contribution in [0.3, 0.4) is 0 Å². The fourth-order valence-corrected chi connectivity index (χ4v) is 0.496. The number of hydrogen-bond donors (Lipinski definition) is 1. The summed E-state index contributed by atoms with van der Waals surface area (Å²) in [7, 11) is 0. The molecule has 0 aromatic heterocycles. The van der Waals surface area contributed by atoms with Gasteiger partial charge in [0.1, 0.15) is 0 Å². The van der Waals surface area contributed by atoms with E-state index in [0.29, 0.717) is 0 Å². The van der Waals surface area contributed by atoms with E-state index in [2.05, 4.69) is 6.92 Å². The molecule has 2 N–H and O–H groups in total. The highest BCUT2D eigenvalue weighted by Gasteiger charge is 1.74. The van der Waals surface area contributed by atoms with Crippen molar-refractivity contribution in [1.29, 1.82) is 0 Å². The third-order valence-corrected chi connectivity index (χ3v) is 0.799. The second kappa shape index (κ2) is 4.44. The predicted octanol–water partition coefficient (Wildman–Crippen LogP) is 1.82. The quantitative estimate of drug-likeness (QED) is 0.540. The maximum atomic E-state index is 5.47. The van der Waals surface area contributed by atoms with E-state index in [9.17, 15) is 0 Å². The molecule has 0 aliphatic carbocycles. The molecular formula is C7H13N. The van der Waals surface area contributed by atoms with E-state index in [1.54, 1.807) is 0 Å². The van der Waals surface area contributed by atoms with Crippen molar-refractivity contribution in [3.8, 4) is 0 Å². The van der Waals surface area contributed by atoms with E-state index in [0.717, 1.165) is 12.1 Å². The summed E-state index contributed by atoms with van der Waals surface area (Å²) in [6.45, 7) is 4.02. The number of allylic oxidation sites excluding steroid dienone is 3. The van der Waals surface area contributed by atoms with E-state index < -0.39 is 0 Å². The summed E-state index contributed by atoms with van der Waals surface area (Å²) in [5, 5.41) is 0. The lowest BCUT2D eigenvalue weighted by atomic mass is 10.3. The molecule has 0 bridgehead atoms. The smallest absolute Gasteiger partial charge is 0.0270 e. The Morgan fingerprint density at radius 2 is 2.25 bits per heavy atom. The Morgan fingerprint density at radius 1 is 1.62 bits per heavy atom. The summed E-state index contributed by atoms with van der Waals surface area (Å²) >= 11 is 0. The third kappa shape index (κ3) is 3.47. The normalized spacial score (nSPS) is 13.0. The predicted molar refractivity (Wildman–Crippen MR) is 37.4 cm³/mol. The van der Waals surface area contributed by atoms with E-state index >= 15 is 0 Å². The van der Waals surface area contributed by atoms with Gasteiger partial charge in [-0.15, -0.1) is 0 Å². The molecule has 0 unspecified atom stereocenters. The molecule has 1 heteroatoms. The van der Waals surface area contributed by atoms with Gasteiger partial charge in [0.05, 0.1) is 0 Å². The summed E-state index contributed by atoms with van der Waals surface area (Å²) in [6, 6.07) is 0. The Morgan fingerprint density at radius 3 is 2.62 bits per heavy atom. The van der Waals surface area contributed by atoms with Gasteiger partial charge in [0, 0.05) is 5.70 Å². The van der Waals surface area contributed by atoms with Crippen LogP contribution in [-0.2, 0) is 0 Å². The van der Waals surface area contributed by atoms with E-state index in [-0.39, 0.29) is 0 Å². The standard InChI is InChI=1S/C7H13N/c1-3-5-7(8)6-4-2/h3,5-6H,4,8H2,1-2H3/b5-3-,7-6-. The van der Waals surface area contributed by atoms with E-state index in [1.807, 2.05) is 25.2 Å². The van der Waals surface area contributed by atoms with Crippen molar-refractivity contribution in [2.75, 3.05) is 0 Å². The summed E-state index contributed by atoms with van der Waals surface area (Å²) in [5.74, 6) is 0. The van der Waals surface area contributed by atoms with Crippen molar-refractivity contribution in [1.82, 2.24) is 0 Å². The second-order valence-corrected chi connectivity index (χ2v) is 1.61. The fourth-order valence-electron chi connectivity index (χ4n) is 0.496. The lowest BCUT2D eigenvalue weighted by Crippen LogP contribution is -1.90. The van der Waals surface area contributed by atoms with Gasteiger partial charge in [0.2, 0.25) is 0 Å². The monoisotopic (exact) mass is 111 g/mol. The van der Waals surface area contributed by atoms with E-state index in [4.69, 9.17) is 5.73 Å². The minimum atomic E-state index is 0.856. The van der Waals surface area contributed by atoms with Gasteiger partial charge < -0.3 is 5.73 Å². The highest BCUT2D eigenvalue weighted by molar-refractivity contribution is 5.13. The maximum absolute atomic E-state index is 5.47. The molecule has 0 aromatic carbocycles. The van der Waals surface area contributed by atoms with Crippen molar-refractivity contribution in [2.45, 2.75) is 20.3 Å². The maximum Gasteiger partial charge on any atom is 0.0270 e. The van der Waals surface area contributed by atoms with Gasteiger partial charge >= 0.3 is 0 Å². The van der Waals surface area contributed by atoms with Crippen molar-refractivity contribution >= 4 is 0 Å². The molecule has 0 atom stereocenters. The summed E-state index contributed by atoms with van der Waals surface area (Å²) in [4.78, 5) is 0. The molecule has 0 spiro atoms. The van der Waals surface area contributed by atoms with Crippen LogP contribution in [0.15, 0.2) is 23.9 Å². The van der Waals surface area contributed by atoms with Crippen LogP contribution in [0, 0.1) is 0 Å². The Bertz CT molecular complexity index is 101.